The van der Waals surface area contributed by atoms with Crippen LogP contribution in [0.1, 0.15) is 6.92 Å². The van der Waals surface area contributed by atoms with Crippen LogP contribution in [0.2, 0.25) is 10.3 Å². The second kappa shape index (κ2) is 4.56. The standard InChI is InChI=1S/C10H12Cl2N2O/c1-7-6-15-3-2-14(7)8-4-9(11)13-10(12)5-8/h4-5,7H,2-3,6H2,1H3. The molecule has 1 saturated heterocycles. The molecule has 0 radical (unpaired) electrons. The van der Waals surface area contributed by atoms with E-state index in [1.807, 2.05) is 12.1 Å². The molecule has 2 rings (SSSR count). The first-order chi connectivity index (χ1) is 7.16. The maximum atomic E-state index is 5.86. The predicted molar refractivity (Wildman–Crippen MR) is 61.9 cm³/mol. The number of rotatable bonds is 1. The van der Waals surface area contributed by atoms with Crippen molar-refractivity contribution in [3.63, 3.8) is 0 Å². The first-order valence-electron chi connectivity index (χ1n) is 4.84. The minimum atomic E-state index is 0.341. The van der Waals surface area contributed by atoms with Crippen LogP contribution in [0.3, 0.4) is 0 Å². The summed E-state index contributed by atoms with van der Waals surface area (Å²) in [6, 6.07) is 4.00. The molecular formula is C10H12Cl2N2O. The van der Waals surface area contributed by atoms with Gasteiger partial charge in [0.2, 0.25) is 0 Å². The zero-order valence-electron chi connectivity index (χ0n) is 8.41. The van der Waals surface area contributed by atoms with Gasteiger partial charge in [-0.2, -0.15) is 0 Å². The molecule has 1 fully saturated rings. The van der Waals surface area contributed by atoms with Crippen molar-refractivity contribution in [1.29, 1.82) is 0 Å². The van der Waals surface area contributed by atoms with Gasteiger partial charge in [0, 0.05) is 18.3 Å². The molecule has 0 saturated carbocycles. The Balaban J connectivity index is 2.27. The smallest absolute Gasteiger partial charge is 0.132 e. The van der Waals surface area contributed by atoms with Crippen molar-refractivity contribution in [2.24, 2.45) is 0 Å². The van der Waals surface area contributed by atoms with E-state index in [1.165, 1.54) is 0 Å². The van der Waals surface area contributed by atoms with Gasteiger partial charge < -0.3 is 9.64 Å². The molecule has 82 valence electrons. The van der Waals surface area contributed by atoms with Crippen LogP contribution in [-0.2, 0) is 4.74 Å². The third-order valence-electron chi connectivity index (χ3n) is 2.45. The Morgan fingerprint density at radius 3 is 2.67 bits per heavy atom. The van der Waals surface area contributed by atoms with Crippen LogP contribution >= 0.6 is 23.2 Å². The first kappa shape index (κ1) is 11.0. The molecule has 1 atom stereocenters. The second-order valence-electron chi connectivity index (χ2n) is 3.59. The number of hydrogen-bond acceptors (Lipinski definition) is 3. The Morgan fingerprint density at radius 1 is 1.40 bits per heavy atom. The highest BCUT2D eigenvalue weighted by molar-refractivity contribution is 6.32. The molecule has 1 aromatic heterocycles. The molecule has 3 nitrogen and oxygen atoms in total. The van der Waals surface area contributed by atoms with Gasteiger partial charge in [0.15, 0.2) is 0 Å². The van der Waals surface area contributed by atoms with Crippen LogP contribution in [0.4, 0.5) is 5.69 Å². The molecule has 1 unspecified atom stereocenters. The van der Waals surface area contributed by atoms with Gasteiger partial charge in [-0.05, 0) is 19.1 Å². The Labute approximate surface area is 98.9 Å². The number of ether oxygens (including phenoxy) is 1. The predicted octanol–water partition coefficient (Wildman–Crippen LogP) is 2.61. The highest BCUT2D eigenvalue weighted by atomic mass is 35.5. The zero-order chi connectivity index (χ0) is 10.8. The van der Waals surface area contributed by atoms with Gasteiger partial charge >= 0.3 is 0 Å². The lowest BCUT2D eigenvalue weighted by Gasteiger charge is -2.35. The summed E-state index contributed by atoms with van der Waals surface area (Å²) in [5.41, 5.74) is 1.01. The zero-order valence-corrected chi connectivity index (χ0v) is 9.92. The number of aromatic nitrogens is 1. The summed E-state index contributed by atoms with van der Waals surface area (Å²) in [5.74, 6) is 0. The molecule has 0 aromatic carbocycles. The summed E-state index contributed by atoms with van der Waals surface area (Å²) < 4.78 is 5.37. The molecular weight excluding hydrogens is 235 g/mol. The monoisotopic (exact) mass is 246 g/mol. The fraction of sp³-hybridized carbons (Fsp3) is 0.500. The Hall–Kier alpha value is -0.510. The van der Waals surface area contributed by atoms with Gasteiger partial charge in [0.25, 0.3) is 0 Å². The van der Waals surface area contributed by atoms with Crippen molar-refractivity contribution >= 4 is 28.9 Å². The van der Waals surface area contributed by atoms with Crippen molar-refractivity contribution in [1.82, 2.24) is 4.98 Å². The maximum Gasteiger partial charge on any atom is 0.132 e. The van der Waals surface area contributed by atoms with E-state index in [9.17, 15) is 0 Å². The first-order valence-corrected chi connectivity index (χ1v) is 5.60. The summed E-state index contributed by atoms with van der Waals surface area (Å²) in [7, 11) is 0. The average molecular weight is 247 g/mol. The molecule has 0 amide bonds. The topological polar surface area (TPSA) is 25.4 Å². The van der Waals surface area contributed by atoms with Gasteiger partial charge in [-0.15, -0.1) is 0 Å². The van der Waals surface area contributed by atoms with E-state index in [0.29, 0.717) is 16.3 Å². The molecule has 0 N–H and O–H groups in total. The average Bonchev–Trinajstić information content (AvgIpc) is 2.16. The van der Waals surface area contributed by atoms with Gasteiger partial charge in [-0.1, -0.05) is 23.2 Å². The SMILES string of the molecule is CC1COCCN1c1cc(Cl)nc(Cl)c1. The summed E-state index contributed by atoms with van der Waals surface area (Å²) in [6.07, 6.45) is 0. The summed E-state index contributed by atoms with van der Waals surface area (Å²) >= 11 is 11.7. The van der Waals surface area contributed by atoms with E-state index in [1.54, 1.807) is 0 Å². The van der Waals surface area contributed by atoms with Crippen LogP contribution in [0, 0.1) is 0 Å². The van der Waals surface area contributed by atoms with Crippen molar-refractivity contribution < 1.29 is 4.74 Å². The van der Waals surface area contributed by atoms with E-state index in [4.69, 9.17) is 27.9 Å². The number of hydrogen-bond donors (Lipinski definition) is 0. The second-order valence-corrected chi connectivity index (χ2v) is 4.36. The van der Waals surface area contributed by atoms with E-state index < -0.39 is 0 Å². The molecule has 15 heavy (non-hydrogen) atoms. The Morgan fingerprint density at radius 2 is 2.07 bits per heavy atom. The van der Waals surface area contributed by atoms with Crippen molar-refractivity contribution in [2.45, 2.75) is 13.0 Å². The Kier molecular flexibility index (Phi) is 3.34. The van der Waals surface area contributed by atoms with E-state index in [0.717, 1.165) is 25.4 Å². The van der Waals surface area contributed by atoms with Crippen molar-refractivity contribution in [3.8, 4) is 0 Å². The third kappa shape index (κ3) is 2.54. The van der Waals surface area contributed by atoms with Crippen LogP contribution in [0.25, 0.3) is 0 Å². The third-order valence-corrected chi connectivity index (χ3v) is 2.83. The molecule has 0 aliphatic carbocycles. The number of pyridine rings is 1. The number of anilines is 1. The molecule has 1 aliphatic heterocycles. The van der Waals surface area contributed by atoms with E-state index in [2.05, 4.69) is 16.8 Å². The summed E-state index contributed by atoms with van der Waals surface area (Å²) in [6.45, 7) is 4.44. The number of halogens is 2. The molecule has 1 aliphatic rings. The van der Waals surface area contributed by atoms with Crippen molar-refractivity contribution in [3.05, 3.63) is 22.4 Å². The number of morpholine rings is 1. The number of nitrogens with zero attached hydrogens (tertiary/aromatic N) is 2. The maximum absolute atomic E-state index is 5.86. The lowest BCUT2D eigenvalue weighted by atomic mass is 10.2. The van der Waals surface area contributed by atoms with Gasteiger partial charge in [-0.25, -0.2) is 4.98 Å². The minimum absolute atomic E-state index is 0.341. The van der Waals surface area contributed by atoms with E-state index >= 15 is 0 Å². The summed E-state index contributed by atoms with van der Waals surface area (Å²) in [5, 5.41) is 0.854. The molecule has 0 bridgehead atoms. The van der Waals surface area contributed by atoms with Crippen molar-refractivity contribution in [2.75, 3.05) is 24.7 Å². The molecule has 2 heterocycles. The van der Waals surface area contributed by atoms with Crippen LogP contribution in [0.15, 0.2) is 12.1 Å². The molecule has 5 heteroatoms. The minimum Gasteiger partial charge on any atom is -0.377 e. The Bertz CT molecular complexity index is 339. The fourth-order valence-corrected chi connectivity index (χ4v) is 2.18. The van der Waals surface area contributed by atoms with Crippen LogP contribution in [0.5, 0.6) is 0 Å². The van der Waals surface area contributed by atoms with Crippen LogP contribution in [-0.4, -0.2) is 30.8 Å². The summed E-state index contributed by atoms with van der Waals surface area (Å²) in [4.78, 5) is 6.15. The lowest BCUT2D eigenvalue weighted by molar-refractivity contribution is 0.0989. The highest BCUT2D eigenvalue weighted by Crippen LogP contribution is 2.25. The van der Waals surface area contributed by atoms with Crippen LogP contribution < -0.4 is 4.90 Å². The molecule has 1 aromatic rings. The van der Waals surface area contributed by atoms with Gasteiger partial charge in [0.1, 0.15) is 10.3 Å². The molecule has 0 spiro atoms. The normalized spacial score (nSPS) is 21.8. The largest absolute Gasteiger partial charge is 0.377 e. The fourth-order valence-electron chi connectivity index (χ4n) is 1.73. The van der Waals surface area contributed by atoms with Gasteiger partial charge in [-0.3, -0.25) is 0 Å². The quantitative estimate of drug-likeness (QED) is 0.713. The lowest BCUT2D eigenvalue weighted by Crippen LogP contribution is -2.43. The van der Waals surface area contributed by atoms with Gasteiger partial charge in [0.05, 0.1) is 13.2 Å². The highest BCUT2D eigenvalue weighted by Gasteiger charge is 2.19. The van der Waals surface area contributed by atoms with E-state index in [-0.39, 0.29) is 0 Å².